The monoisotopic (exact) mass is 489 g/mol. The number of nitrogens with one attached hydrogen (secondary N) is 3. The number of alkyl halides is 3. The zero-order chi connectivity index (χ0) is 24.3. The third-order valence-corrected chi connectivity index (χ3v) is 6.69. The molecule has 0 spiro atoms. The number of pyridine rings is 1. The third-order valence-electron chi connectivity index (χ3n) is 5.86. The van der Waals surface area contributed by atoms with Gasteiger partial charge in [0.2, 0.25) is 0 Å². The van der Waals surface area contributed by atoms with Gasteiger partial charge in [0, 0.05) is 34.9 Å². The average Bonchev–Trinajstić information content (AvgIpc) is 3.25. The van der Waals surface area contributed by atoms with E-state index in [9.17, 15) is 13.2 Å². The summed E-state index contributed by atoms with van der Waals surface area (Å²) in [4.78, 5) is 3.71. The van der Waals surface area contributed by atoms with Crippen LogP contribution in [0.4, 0.5) is 24.7 Å². The van der Waals surface area contributed by atoms with Crippen LogP contribution in [-0.2, 0) is 6.18 Å². The van der Waals surface area contributed by atoms with Gasteiger partial charge in [-0.15, -0.1) is 0 Å². The van der Waals surface area contributed by atoms with Crippen LogP contribution in [0.25, 0.3) is 11.3 Å². The minimum absolute atomic E-state index is 0.189. The lowest BCUT2D eigenvalue weighted by Crippen LogP contribution is -2.36. The smallest absolute Gasteiger partial charge is 0.382 e. The van der Waals surface area contributed by atoms with Crippen LogP contribution in [0.3, 0.4) is 0 Å². The second kappa shape index (κ2) is 10.2. The molecule has 0 amide bonds. The van der Waals surface area contributed by atoms with Crippen LogP contribution in [0, 0.1) is 0 Å². The molecular formula is C25H30F3N5S. The molecule has 4 rings (SSSR count). The van der Waals surface area contributed by atoms with Crippen molar-refractivity contribution in [3.8, 4) is 0 Å². The number of benzene rings is 1. The van der Waals surface area contributed by atoms with Crippen molar-refractivity contribution in [2.75, 3.05) is 10.0 Å². The van der Waals surface area contributed by atoms with E-state index in [-0.39, 0.29) is 11.7 Å². The number of fused-ring (bicyclic) bond motifs is 1. The first-order chi connectivity index (χ1) is 16.2. The first kappa shape index (κ1) is 24.3. The zero-order valence-corrected chi connectivity index (χ0v) is 20.1. The third kappa shape index (κ3) is 6.00. The van der Waals surface area contributed by atoms with Gasteiger partial charge in [-0.05, 0) is 67.5 Å². The lowest BCUT2D eigenvalue weighted by molar-refractivity contribution is -0.140. The molecule has 3 N–H and O–H groups in total. The standard InChI is InChI=1S/C25H30F3N5S/c1-16(2)34-32-21-7-4-6-18(14-21)17(3)29-19-10-12-20(13-11-19)30-23-8-5-9-24-31-22(15-33(23)24)25(26,27)28/h4-9,14-16,19-20,29-30,32H,3,10-13H2,1-2H3. The van der Waals surface area contributed by atoms with Gasteiger partial charge in [0.25, 0.3) is 0 Å². The highest BCUT2D eigenvalue weighted by Crippen LogP contribution is 2.30. The lowest BCUT2D eigenvalue weighted by Gasteiger charge is -2.31. The number of aromatic nitrogens is 2. The Hall–Kier alpha value is -2.81. The summed E-state index contributed by atoms with van der Waals surface area (Å²) in [6.07, 6.45) is 0.316. The number of imidazole rings is 1. The summed E-state index contributed by atoms with van der Waals surface area (Å²) in [5.41, 5.74) is 2.41. The van der Waals surface area contributed by atoms with Crippen LogP contribution in [0.1, 0.15) is 50.8 Å². The summed E-state index contributed by atoms with van der Waals surface area (Å²) in [6.45, 7) is 8.52. The second-order valence-electron chi connectivity index (χ2n) is 8.93. The lowest BCUT2D eigenvalue weighted by atomic mass is 9.90. The molecule has 1 aromatic carbocycles. The molecule has 2 heterocycles. The van der Waals surface area contributed by atoms with Gasteiger partial charge in [0.1, 0.15) is 11.5 Å². The zero-order valence-electron chi connectivity index (χ0n) is 19.3. The fourth-order valence-corrected chi connectivity index (χ4v) is 4.64. The minimum Gasteiger partial charge on any atom is -0.382 e. The first-order valence-corrected chi connectivity index (χ1v) is 12.4. The van der Waals surface area contributed by atoms with E-state index in [4.69, 9.17) is 0 Å². The van der Waals surface area contributed by atoms with Gasteiger partial charge < -0.3 is 15.4 Å². The van der Waals surface area contributed by atoms with Crippen molar-refractivity contribution in [2.45, 2.75) is 63.0 Å². The molecule has 5 nitrogen and oxygen atoms in total. The molecule has 1 fully saturated rings. The molecular weight excluding hydrogens is 459 g/mol. The summed E-state index contributed by atoms with van der Waals surface area (Å²) in [5.74, 6) is 0.630. The van der Waals surface area contributed by atoms with Crippen LogP contribution >= 0.6 is 11.9 Å². The maximum absolute atomic E-state index is 13.1. The van der Waals surface area contributed by atoms with Crippen LogP contribution in [-0.4, -0.2) is 26.7 Å². The summed E-state index contributed by atoms with van der Waals surface area (Å²) < 4.78 is 44.0. The Kier molecular flexibility index (Phi) is 7.30. The molecule has 182 valence electrons. The first-order valence-electron chi connectivity index (χ1n) is 11.5. The van der Waals surface area contributed by atoms with Crippen molar-refractivity contribution in [3.05, 3.63) is 66.5 Å². The molecule has 0 bridgehead atoms. The summed E-state index contributed by atoms with van der Waals surface area (Å²) in [7, 11) is 0. The van der Waals surface area contributed by atoms with Gasteiger partial charge in [-0.25, -0.2) is 4.98 Å². The molecule has 3 aromatic rings. The molecule has 34 heavy (non-hydrogen) atoms. The summed E-state index contributed by atoms with van der Waals surface area (Å²) in [6, 6.07) is 13.8. The number of anilines is 2. The van der Waals surface area contributed by atoms with E-state index in [0.717, 1.165) is 48.8 Å². The van der Waals surface area contributed by atoms with Gasteiger partial charge in [-0.1, -0.05) is 38.6 Å². The maximum Gasteiger partial charge on any atom is 0.434 e. The summed E-state index contributed by atoms with van der Waals surface area (Å²) in [5, 5.41) is 7.47. The van der Waals surface area contributed by atoms with Crippen molar-refractivity contribution in [2.24, 2.45) is 0 Å². The summed E-state index contributed by atoms with van der Waals surface area (Å²) >= 11 is 1.68. The number of hydrogen-bond donors (Lipinski definition) is 3. The van der Waals surface area contributed by atoms with Gasteiger partial charge in [-0.2, -0.15) is 13.2 Å². The fourth-order valence-electron chi connectivity index (χ4n) is 4.14. The number of hydrogen-bond acceptors (Lipinski definition) is 5. The second-order valence-corrected chi connectivity index (χ2v) is 10.3. The quantitative estimate of drug-likeness (QED) is 0.304. The van der Waals surface area contributed by atoms with Crippen molar-refractivity contribution >= 4 is 34.8 Å². The Morgan fingerprint density at radius 2 is 1.79 bits per heavy atom. The molecule has 0 saturated heterocycles. The maximum atomic E-state index is 13.1. The Labute approximate surface area is 202 Å². The highest BCUT2D eigenvalue weighted by Gasteiger charge is 2.34. The van der Waals surface area contributed by atoms with Gasteiger partial charge in [0.15, 0.2) is 5.69 Å². The molecule has 0 atom stereocenters. The van der Waals surface area contributed by atoms with E-state index >= 15 is 0 Å². The molecule has 1 aliphatic carbocycles. The predicted octanol–water partition coefficient (Wildman–Crippen LogP) is 6.81. The van der Waals surface area contributed by atoms with E-state index in [1.165, 1.54) is 4.40 Å². The number of halogens is 3. The number of rotatable bonds is 8. The van der Waals surface area contributed by atoms with E-state index in [1.54, 1.807) is 30.1 Å². The highest BCUT2D eigenvalue weighted by atomic mass is 32.2. The molecule has 1 saturated carbocycles. The van der Waals surface area contributed by atoms with Crippen molar-refractivity contribution in [1.82, 2.24) is 14.7 Å². The number of nitrogens with zero attached hydrogens (tertiary/aromatic N) is 2. The van der Waals surface area contributed by atoms with Crippen LogP contribution in [0.5, 0.6) is 0 Å². The van der Waals surface area contributed by atoms with Gasteiger partial charge in [0.05, 0.1) is 0 Å². The highest BCUT2D eigenvalue weighted by molar-refractivity contribution is 8.01. The minimum atomic E-state index is -4.46. The van der Waals surface area contributed by atoms with Crippen molar-refractivity contribution < 1.29 is 13.2 Å². The predicted molar refractivity (Wildman–Crippen MR) is 135 cm³/mol. The van der Waals surface area contributed by atoms with E-state index in [2.05, 4.69) is 52.9 Å². The fraction of sp³-hybridized carbons (Fsp3) is 0.400. The topological polar surface area (TPSA) is 53.4 Å². The van der Waals surface area contributed by atoms with E-state index in [0.29, 0.717) is 17.1 Å². The van der Waals surface area contributed by atoms with Crippen LogP contribution in [0.2, 0.25) is 0 Å². The van der Waals surface area contributed by atoms with Crippen LogP contribution < -0.4 is 15.4 Å². The molecule has 0 radical (unpaired) electrons. The molecule has 2 aromatic heterocycles. The Balaban J connectivity index is 1.32. The Morgan fingerprint density at radius 1 is 1.09 bits per heavy atom. The van der Waals surface area contributed by atoms with Crippen molar-refractivity contribution in [3.63, 3.8) is 0 Å². The molecule has 0 unspecified atom stereocenters. The Morgan fingerprint density at radius 3 is 2.50 bits per heavy atom. The molecule has 0 aliphatic heterocycles. The van der Waals surface area contributed by atoms with E-state index < -0.39 is 11.9 Å². The SMILES string of the molecule is C=C(NC1CCC(Nc2cccc3nc(C(F)(F)F)cn23)CC1)c1cccc(NSC(C)C)c1. The molecule has 9 heteroatoms. The largest absolute Gasteiger partial charge is 0.434 e. The average molecular weight is 490 g/mol. The Bertz CT molecular complexity index is 1130. The van der Waals surface area contributed by atoms with Gasteiger partial charge >= 0.3 is 6.18 Å². The van der Waals surface area contributed by atoms with E-state index in [1.807, 2.05) is 12.1 Å². The normalized spacial score (nSPS) is 18.8. The van der Waals surface area contributed by atoms with Crippen molar-refractivity contribution in [1.29, 1.82) is 0 Å². The van der Waals surface area contributed by atoms with Crippen LogP contribution in [0.15, 0.2) is 55.2 Å². The van der Waals surface area contributed by atoms with Gasteiger partial charge in [-0.3, -0.25) is 4.40 Å². The molecule has 1 aliphatic rings.